The van der Waals surface area contributed by atoms with E-state index >= 15 is 0 Å². The van der Waals surface area contributed by atoms with E-state index in [2.05, 4.69) is 5.32 Å². The van der Waals surface area contributed by atoms with Crippen LogP contribution in [0.5, 0.6) is 0 Å². The Morgan fingerprint density at radius 2 is 1.83 bits per heavy atom. The molecule has 3 aromatic rings. The fourth-order valence-electron chi connectivity index (χ4n) is 3.01. The van der Waals surface area contributed by atoms with E-state index in [0.29, 0.717) is 39.7 Å². The molecule has 0 spiro atoms. The van der Waals surface area contributed by atoms with Crippen LogP contribution in [0.25, 0.3) is 10.9 Å². The largest absolute Gasteiger partial charge is 0.385 e. The average molecular weight is 436 g/mol. The summed E-state index contributed by atoms with van der Waals surface area (Å²) in [5, 5.41) is 3.73. The first-order chi connectivity index (χ1) is 13.9. The molecule has 0 aliphatic heterocycles. The third-order valence-corrected chi connectivity index (χ3v) is 5.11. The molecule has 3 rings (SSSR count). The van der Waals surface area contributed by atoms with E-state index in [1.807, 2.05) is 0 Å². The summed E-state index contributed by atoms with van der Waals surface area (Å²) in [6.45, 7) is 0.353. The van der Waals surface area contributed by atoms with Crippen LogP contribution in [-0.2, 0) is 22.6 Å². The summed E-state index contributed by atoms with van der Waals surface area (Å²) < 4.78 is 7.42. The molecule has 0 atom stereocenters. The summed E-state index contributed by atoms with van der Waals surface area (Å²) in [4.78, 5) is 38.3. The van der Waals surface area contributed by atoms with E-state index in [0.717, 1.165) is 4.57 Å². The second-order valence-electron chi connectivity index (χ2n) is 6.37. The number of hydrogen-bond acceptors (Lipinski definition) is 4. The topological polar surface area (TPSA) is 82.3 Å². The van der Waals surface area contributed by atoms with Crippen LogP contribution in [0.4, 0.5) is 5.69 Å². The standard InChI is InChI=1S/C20H19Cl2N3O4/c1-29-10-4-9-24-19(27)14-5-2-3-6-17(14)25(20(24)28)12-18(26)23-13-7-8-15(21)16(22)11-13/h2-3,5-8,11H,4,9-10,12H2,1H3,(H,23,26). The minimum Gasteiger partial charge on any atom is -0.385 e. The molecular formula is C20H19Cl2N3O4. The van der Waals surface area contributed by atoms with Gasteiger partial charge in [-0.2, -0.15) is 0 Å². The van der Waals surface area contributed by atoms with E-state index in [9.17, 15) is 14.4 Å². The van der Waals surface area contributed by atoms with Gasteiger partial charge < -0.3 is 10.1 Å². The van der Waals surface area contributed by atoms with Gasteiger partial charge in [-0.1, -0.05) is 35.3 Å². The SMILES string of the molecule is COCCCn1c(=O)c2ccccc2n(CC(=O)Nc2ccc(Cl)c(Cl)c2)c1=O. The maximum atomic E-state index is 13.0. The molecule has 1 aromatic heterocycles. The average Bonchev–Trinajstić information content (AvgIpc) is 2.70. The number of amides is 1. The number of rotatable bonds is 7. The van der Waals surface area contributed by atoms with Crippen LogP contribution in [0.1, 0.15) is 6.42 Å². The number of fused-ring (bicyclic) bond motifs is 1. The third kappa shape index (κ3) is 4.70. The molecule has 0 bridgehead atoms. The normalized spacial score (nSPS) is 11.0. The van der Waals surface area contributed by atoms with Gasteiger partial charge in [-0.3, -0.25) is 18.7 Å². The predicted molar refractivity (Wildman–Crippen MR) is 114 cm³/mol. The summed E-state index contributed by atoms with van der Waals surface area (Å²) in [5.74, 6) is -0.433. The van der Waals surface area contributed by atoms with Gasteiger partial charge in [-0.15, -0.1) is 0 Å². The first-order valence-electron chi connectivity index (χ1n) is 8.88. The summed E-state index contributed by atoms with van der Waals surface area (Å²) in [6, 6.07) is 11.4. The van der Waals surface area contributed by atoms with Crippen molar-refractivity contribution in [3.63, 3.8) is 0 Å². The number of para-hydroxylation sites is 1. The van der Waals surface area contributed by atoms with Gasteiger partial charge >= 0.3 is 5.69 Å². The number of benzene rings is 2. The summed E-state index contributed by atoms with van der Waals surface area (Å²) >= 11 is 11.9. The number of anilines is 1. The first kappa shape index (κ1) is 21.1. The molecule has 0 unspecified atom stereocenters. The van der Waals surface area contributed by atoms with Gasteiger partial charge in [0.15, 0.2) is 0 Å². The van der Waals surface area contributed by atoms with Gasteiger partial charge in [0, 0.05) is 25.9 Å². The van der Waals surface area contributed by atoms with Gasteiger partial charge in [0.05, 0.1) is 20.9 Å². The predicted octanol–water partition coefficient (Wildman–Crippen LogP) is 3.15. The molecule has 1 heterocycles. The molecule has 1 amide bonds. The van der Waals surface area contributed by atoms with E-state index in [1.165, 1.54) is 10.6 Å². The van der Waals surface area contributed by atoms with Gasteiger partial charge in [0.2, 0.25) is 5.91 Å². The van der Waals surface area contributed by atoms with Crippen molar-refractivity contribution in [2.75, 3.05) is 19.0 Å². The van der Waals surface area contributed by atoms with Crippen LogP contribution >= 0.6 is 23.2 Å². The Bertz CT molecular complexity index is 1170. The Kier molecular flexibility index (Phi) is 6.74. The molecule has 29 heavy (non-hydrogen) atoms. The zero-order chi connectivity index (χ0) is 21.0. The van der Waals surface area contributed by atoms with Crippen molar-refractivity contribution in [3.8, 4) is 0 Å². The lowest BCUT2D eigenvalue weighted by atomic mass is 10.2. The lowest BCUT2D eigenvalue weighted by molar-refractivity contribution is -0.116. The monoisotopic (exact) mass is 435 g/mol. The Morgan fingerprint density at radius 3 is 2.55 bits per heavy atom. The van der Waals surface area contributed by atoms with Crippen molar-refractivity contribution in [2.24, 2.45) is 0 Å². The molecule has 7 nitrogen and oxygen atoms in total. The molecule has 0 radical (unpaired) electrons. The van der Waals surface area contributed by atoms with Crippen molar-refractivity contribution < 1.29 is 9.53 Å². The molecule has 2 aromatic carbocycles. The Morgan fingerprint density at radius 1 is 1.07 bits per heavy atom. The lowest BCUT2D eigenvalue weighted by Gasteiger charge is -2.14. The van der Waals surface area contributed by atoms with Crippen molar-refractivity contribution in [1.29, 1.82) is 0 Å². The Balaban J connectivity index is 1.96. The van der Waals surface area contributed by atoms with E-state index in [1.54, 1.807) is 43.5 Å². The molecule has 0 aliphatic rings. The fourth-order valence-corrected chi connectivity index (χ4v) is 3.30. The summed E-state index contributed by atoms with van der Waals surface area (Å²) in [7, 11) is 1.55. The number of aromatic nitrogens is 2. The number of carbonyl (C=O) groups excluding carboxylic acids is 1. The smallest absolute Gasteiger partial charge is 0.331 e. The number of methoxy groups -OCH3 is 1. The number of hydrogen-bond donors (Lipinski definition) is 1. The summed E-state index contributed by atoms with van der Waals surface area (Å²) in [5.41, 5.74) is -0.0816. The zero-order valence-electron chi connectivity index (χ0n) is 15.7. The van der Waals surface area contributed by atoms with Crippen molar-refractivity contribution in [2.45, 2.75) is 19.5 Å². The highest BCUT2D eigenvalue weighted by atomic mass is 35.5. The molecule has 0 saturated carbocycles. The minimum atomic E-state index is -0.547. The second kappa shape index (κ2) is 9.26. The van der Waals surface area contributed by atoms with Crippen LogP contribution in [0, 0.1) is 0 Å². The maximum absolute atomic E-state index is 13.0. The molecule has 0 saturated heterocycles. The molecule has 1 N–H and O–H groups in total. The highest BCUT2D eigenvalue weighted by molar-refractivity contribution is 6.42. The first-order valence-corrected chi connectivity index (χ1v) is 9.64. The van der Waals surface area contributed by atoms with Crippen molar-refractivity contribution in [3.05, 3.63) is 73.3 Å². The molecule has 0 fully saturated rings. The number of halogens is 2. The number of nitrogens with zero attached hydrogens (tertiary/aromatic N) is 2. The van der Waals surface area contributed by atoms with Gasteiger partial charge in [0.1, 0.15) is 6.54 Å². The Labute approximate surface area is 176 Å². The molecule has 0 aliphatic carbocycles. The van der Waals surface area contributed by atoms with Crippen LogP contribution in [0.15, 0.2) is 52.1 Å². The fraction of sp³-hybridized carbons (Fsp3) is 0.250. The van der Waals surface area contributed by atoms with Gasteiger partial charge in [0.25, 0.3) is 5.56 Å². The number of ether oxygens (including phenoxy) is 1. The van der Waals surface area contributed by atoms with Crippen LogP contribution < -0.4 is 16.6 Å². The molecular weight excluding hydrogens is 417 g/mol. The lowest BCUT2D eigenvalue weighted by Crippen LogP contribution is -2.42. The van der Waals surface area contributed by atoms with E-state index in [4.69, 9.17) is 27.9 Å². The zero-order valence-corrected chi connectivity index (χ0v) is 17.2. The van der Waals surface area contributed by atoms with E-state index in [-0.39, 0.29) is 18.6 Å². The third-order valence-electron chi connectivity index (χ3n) is 4.37. The number of nitrogens with one attached hydrogen (secondary N) is 1. The quantitative estimate of drug-likeness (QED) is 0.577. The maximum Gasteiger partial charge on any atom is 0.331 e. The van der Waals surface area contributed by atoms with Crippen molar-refractivity contribution >= 4 is 45.7 Å². The minimum absolute atomic E-state index is 0.199. The van der Waals surface area contributed by atoms with Gasteiger partial charge in [-0.05, 0) is 36.8 Å². The molecule has 9 heteroatoms. The molecule has 152 valence electrons. The van der Waals surface area contributed by atoms with Crippen LogP contribution in [0.3, 0.4) is 0 Å². The second-order valence-corrected chi connectivity index (χ2v) is 7.18. The summed E-state index contributed by atoms with van der Waals surface area (Å²) in [6.07, 6.45) is 0.499. The van der Waals surface area contributed by atoms with Gasteiger partial charge in [-0.25, -0.2) is 4.79 Å². The van der Waals surface area contributed by atoms with Crippen LogP contribution in [0.2, 0.25) is 10.0 Å². The highest BCUT2D eigenvalue weighted by Gasteiger charge is 2.15. The highest BCUT2D eigenvalue weighted by Crippen LogP contribution is 2.25. The van der Waals surface area contributed by atoms with Crippen molar-refractivity contribution in [1.82, 2.24) is 9.13 Å². The van der Waals surface area contributed by atoms with Crippen LogP contribution in [-0.4, -0.2) is 28.8 Å². The number of carbonyl (C=O) groups is 1. The van der Waals surface area contributed by atoms with E-state index < -0.39 is 11.6 Å². The Hall–Kier alpha value is -2.61.